The molecular weight excluding hydrogens is 465 g/mol. The zero-order valence-corrected chi connectivity index (χ0v) is 20.1. The number of carboxylic acids is 1. The fourth-order valence-corrected chi connectivity index (χ4v) is 3.86. The number of hydrogen-bond acceptors (Lipinski definition) is 5. The van der Waals surface area contributed by atoms with Gasteiger partial charge < -0.3 is 19.6 Å². The maximum absolute atomic E-state index is 11.4. The van der Waals surface area contributed by atoms with Crippen molar-refractivity contribution in [3.63, 3.8) is 0 Å². The van der Waals surface area contributed by atoms with Gasteiger partial charge in [-0.15, -0.1) is 24.8 Å². The van der Waals surface area contributed by atoms with Gasteiger partial charge in [0.2, 0.25) is 0 Å². The zero-order chi connectivity index (χ0) is 21.6. The standard InChI is InChI=1S/C24H27N3O4.2ClH/c1-30-20-10-8-17(16-21(20)31-15-14-27-12-3-2-4-13-27)9-11-22-25-19-7-5-6-18(24(28)29)23(19)26-22;;/h5-11,16H,2-4,12-15H2,1H3,(H,25,26)(H,28,29);2*1H/b11-9+;;. The van der Waals surface area contributed by atoms with Gasteiger partial charge in [-0.1, -0.05) is 24.6 Å². The van der Waals surface area contributed by atoms with E-state index in [1.54, 1.807) is 19.2 Å². The van der Waals surface area contributed by atoms with E-state index >= 15 is 0 Å². The molecule has 33 heavy (non-hydrogen) atoms. The predicted molar refractivity (Wildman–Crippen MR) is 135 cm³/mol. The summed E-state index contributed by atoms with van der Waals surface area (Å²) in [5, 5.41) is 9.33. The smallest absolute Gasteiger partial charge is 0.337 e. The molecule has 1 aromatic heterocycles. The van der Waals surface area contributed by atoms with Crippen molar-refractivity contribution < 1.29 is 19.4 Å². The first kappa shape index (κ1) is 26.5. The average molecular weight is 494 g/mol. The van der Waals surface area contributed by atoms with Gasteiger partial charge >= 0.3 is 5.97 Å². The van der Waals surface area contributed by atoms with E-state index in [1.165, 1.54) is 19.3 Å². The molecule has 2 aromatic carbocycles. The predicted octanol–water partition coefficient (Wildman–Crippen LogP) is 5.15. The number of nitrogens with zero attached hydrogens (tertiary/aromatic N) is 2. The monoisotopic (exact) mass is 493 g/mol. The van der Waals surface area contributed by atoms with E-state index in [0.29, 0.717) is 35.0 Å². The van der Waals surface area contributed by atoms with Gasteiger partial charge in [0.1, 0.15) is 17.9 Å². The van der Waals surface area contributed by atoms with Crippen molar-refractivity contribution in [2.75, 3.05) is 33.4 Å². The van der Waals surface area contributed by atoms with Crippen molar-refractivity contribution in [1.29, 1.82) is 0 Å². The molecule has 0 unspecified atom stereocenters. The third-order valence-electron chi connectivity index (χ3n) is 5.50. The Balaban J connectivity index is 0.00000193. The fraction of sp³-hybridized carbons (Fsp3) is 0.333. The summed E-state index contributed by atoms with van der Waals surface area (Å²) >= 11 is 0. The van der Waals surface area contributed by atoms with E-state index < -0.39 is 5.97 Å². The molecular formula is C24H29Cl2N3O4. The number of imidazole rings is 1. The van der Waals surface area contributed by atoms with Crippen LogP contribution in [0.4, 0.5) is 0 Å². The number of aromatic nitrogens is 2. The Hall–Kier alpha value is -2.74. The van der Waals surface area contributed by atoms with Crippen LogP contribution >= 0.6 is 24.8 Å². The number of methoxy groups -OCH3 is 1. The molecule has 0 radical (unpaired) electrons. The Morgan fingerprint density at radius 3 is 2.64 bits per heavy atom. The molecule has 1 fully saturated rings. The molecule has 1 aliphatic rings. The van der Waals surface area contributed by atoms with Crippen molar-refractivity contribution in [3.05, 3.63) is 53.3 Å². The molecule has 0 bridgehead atoms. The normalized spacial score (nSPS) is 14.0. The number of rotatable bonds is 8. The van der Waals surface area contributed by atoms with Crippen LogP contribution in [-0.4, -0.2) is 59.3 Å². The summed E-state index contributed by atoms with van der Waals surface area (Å²) in [5.41, 5.74) is 2.26. The van der Waals surface area contributed by atoms with Crippen molar-refractivity contribution in [1.82, 2.24) is 14.9 Å². The van der Waals surface area contributed by atoms with Crippen LogP contribution in [0.25, 0.3) is 23.2 Å². The van der Waals surface area contributed by atoms with E-state index in [4.69, 9.17) is 9.47 Å². The molecule has 2 heterocycles. The summed E-state index contributed by atoms with van der Waals surface area (Å²) in [7, 11) is 1.64. The highest BCUT2D eigenvalue weighted by molar-refractivity contribution is 6.01. The lowest BCUT2D eigenvalue weighted by Gasteiger charge is -2.26. The van der Waals surface area contributed by atoms with Crippen molar-refractivity contribution in [2.24, 2.45) is 0 Å². The van der Waals surface area contributed by atoms with Crippen LogP contribution in [0.3, 0.4) is 0 Å². The number of carboxylic acid groups (broad SMARTS) is 1. The van der Waals surface area contributed by atoms with Gasteiger partial charge in [-0.05, 0) is 61.8 Å². The lowest BCUT2D eigenvalue weighted by molar-refractivity contribution is 0.0699. The molecule has 9 heteroatoms. The molecule has 2 N–H and O–H groups in total. The Kier molecular flexibility index (Phi) is 10.0. The summed E-state index contributed by atoms with van der Waals surface area (Å²) in [6.07, 6.45) is 7.58. The lowest BCUT2D eigenvalue weighted by Crippen LogP contribution is -2.33. The van der Waals surface area contributed by atoms with Crippen LogP contribution in [-0.2, 0) is 0 Å². The number of para-hydroxylation sites is 1. The summed E-state index contributed by atoms with van der Waals surface area (Å²) < 4.78 is 11.5. The second-order valence-corrected chi connectivity index (χ2v) is 7.62. The van der Waals surface area contributed by atoms with E-state index in [0.717, 1.165) is 25.2 Å². The number of aromatic amines is 1. The molecule has 0 amide bonds. The summed E-state index contributed by atoms with van der Waals surface area (Å²) in [4.78, 5) is 21.4. The van der Waals surface area contributed by atoms with Gasteiger partial charge in [-0.3, -0.25) is 4.90 Å². The Morgan fingerprint density at radius 1 is 1.12 bits per heavy atom. The van der Waals surface area contributed by atoms with Crippen molar-refractivity contribution >= 4 is 54.0 Å². The van der Waals surface area contributed by atoms with E-state index in [1.807, 2.05) is 36.4 Å². The summed E-state index contributed by atoms with van der Waals surface area (Å²) in [6, 6.07) is 10.8. The minimum absolute atomic E-state index is 0. The van der Waals surface area contributed by atoms with E-state index in [-0.39, 0.29) is 30.4 Å². The van der Waals surface area contributed by atoms with Crippen LogP contribution in [0.1, 0.15) is 41.0 Å². The Bertz CT molecular complexity index is 1090. The first-order chi connectivity index (χ1) is 15.1. The van der Waals surface area contributed by atoms with Gasteiger partial charge in [0, 0.05) is 6.54 Å². The topological polar surface area (TPSA) is 87.7 Å². The maximum atomic E-state index is 11.4. The molecule has 0 aliphatic carbocycles. The number of piperidine rings is 1. The first-order valence-electron chi connectivity index (χ1n) is 10.6. The van der Waals surface area contributed by atoms with Crippen molar-refractivity contribution in [3.8, 4) is 11.5 Å². The highest BCUT2D eigenvalue weighted by Crippen LogP contribution is 2.29. The number of aromatic carboxylic acids is 1. The molecule has 7 nitrogen and oxygen atoms in total. The van der Waals surface area contributed by atoms with Crippen molar-refractivity contribution in [2.45, 2.75) is 19.3 Å². The second kappa shape index (κ2) is 12.5. The molecule has 0 saturated carbocycles. The first-order valence-corrected chi connectivity index (χ1v) is 10.6. The van der Waals surface area contributed by atoms with Crippen LogP contribution in [0.2, 0.25) is 0 Å². The minimum atomic E-state index is -0.992. The van der Waals surface area contributed by atoms with Gasteiger partial charge in [0.15, 0.2) is 11.5 Å². The average Bonchev–Trinajstić information content (AvgIpc) is 3.21. The molecule has 3 aromatic rings. The Labute approximate surface area is 205 Å². The number of nitrogens with one attached hydrogen (secondary N) is 1. The maximum Gasteiger partial charge on any atom is 0.337 e. The molecule has 4 rings (SSSR count). The SMILES string of the molecule is COc1ccc(/C=C/c2nc3c(C(=O)O)cccc3[nH]2)cc1OCCN1CCCCC1.Cl.Cl. The quantitative estimate of drug-likeness (QED) is 0.451. The summed E-state index contributed by atoms with van der Waals surface area (Å²) in [6.45, 7) is 3.81. The van der Waals surface area contributed by atoms with Gasteiger partial charge in [0.05, 0.1) is 18.2 Å². The molecule has 178 valence electrons. The van der Waals surface area contributed by atoms with E-state index in [2.05, 4.69) is 14.9 Å². The van der Waals surface area contributed by atoms with Crippen LogP contribution < -0.4 is 9.47 Å². The number of likely N-dealkylation sites (tertiary alicyclic amines) is 1. The third kappa shape index (κ3) is 6.63. The zero-order valence-electron chi connectivity index (χ0n) is 18.5. The number of carbonyl (C=O) groups is 1. The fourth-order valence-electron chi connectivity index (χ4n) is 3.86. The lowest BCUT2D eigenvalue weighted by atomic mass is 10.1. The number of ether oxygens (including phenoxy) is 2. The Morgan fingerprint density at radius 2 is 1.91 bits per heavy atom. The highest BCUT2D eigenvalue weighted by Gasteiger charge is 2.12. The van der Waals surface area contributed by atoms with Gasteiger partial charge in [-0.2, -0.15) is 0 Å². The van der Waals surface area contributed by atoms with Gasteiger partial charge in [-0.25, -0.2) is 9.78 Å². The summed E-state index contributed by atoms with van der Waals surface area (Å²) in [5.74, 6) is 1.01. The number of benzene rings is 2. The van der Waals surface area contributed by atoms with E-state index in [9.17, 15) is 9.90 Å². The number of halogens is 2. The highest BCUT2D eigenvalue weighted by atomic mass is 35.5. The molecule has 1 saturated heterocycles. The molecule has 0 spiro atoms. The number of H-pyrrole nitrogens is 1. The van der Waals surface area contributed by atoms with Gasteiger partial charge in [0.25, 0.3) is 0 Å². The minimum Gasteiger partial charge on any atom is -0.493 e. The van der Waals surface area contributed by atoms with Crippen LogP contribution in [0.15, 0.2) is 36.4 Å². The number of hydrogen-bond donors (Lipinski definition) is 2. The third-order valence-corrected chi connectivity index (χ3v) is 5.50. The van der Waals surface area contributed by atoms with Crippen LogP contribution in [0, 0.1) is 0 Å². The second-order valence-electron chi connectivity index (χ2n) is 7.62. The molecule has 1 aliphatic heterocycles. The number of fused-ring (bicyclic) bond motifs is 1. The largest absolute Gasteiger partial charge is 0.493 e. The van der Waals surface area contributed by atoms with Crippen LogP contribution in [0.5, 0.6) is 11.5 Å². The molecule has 0 atom stereocenters.